The van der Waals surface area contributed by atoms with Crippen molar-refractivity contribution in [1.29, 1.82) is 0 Å². The van der Waals surface area contributed by atoms with Crippen LogP contribution in [0.3, 0.4) is 0 Å². The summed E-state index contributed by atoms with van der Waals surface area (Å²) < 4.78 is 47.4. The molecule has 3 aliphatic heterocycles. The summed E-state index contributed by atoms with van der Waals surface area (Å²) in [6, 6.07) is 1.70. The number of carbonyl (C=O) groups excluding carboxylic acids is 1. The number of nitrogens with one attached hydrogen (secondary N) is 2. The molecule has 0 saturated carbocycles. The van der Waals surface area contributed by atoms with E-state index < -0.39 is 29.6 Å². The fourth-order valence-corrected chi connectivity index (χ4v) is 7.30. The van der Waals surface area contributed by atoms with E-state index >= 15 is 4.39 Å². The van der Waals surface area contributed by atoms with Crippen molar-refractivity contribution < 1.29 is 32.9 Å². The smallest absolute Gasteiger partial charge is 0.493 e. The van der Waals surface area contributed by atoms with Crippen LogP contribution < -0.4 is 10.1 Å². The minimum Gasteiger partial charge on any atom is -0.493 e. The molecule has 14 heteroatoms. The molecule has 3 atom stereocenters. The van der Waals surface area contributed by atoms with Crippen LogP contribution in [-0.2, 0) is 15.9 Å². The zero-order chi connectivity index (χ0) is 31.8. The molecule has 3 fully saturated rings. The van der Waals surface area contributed by atoms with Crippen LogP contribution in [0.4, 0.5) is 13.6 Å². The molecule has 7 rings (SSSR count). The SMILES string of the molecule is Cc1cc2[nH]ncc2c(-c2ncc3c(O)nc(OC[C@@]45CCCN4C[C@H](F)C5)nc3c2F)c1CCOC(=O)OC[C@@H]1CCCNC1. The van der Waals surface area contributed by atoms with Gasteiger partial charge in [-0.05, 0) is 62.9 Å². The maximum atomic E-state index is 16.5. The normalized spacial score (nSPS) is 23.2. The number of fused-ring (bicyclic) bond motifs is 3. The van der Waals surface area contributed by atoms with Gasteiger partial charge in [0.15, 0.2) is 5.82 Å². The van der Waals surface area contributed by atoms with Gasteiger partial charge in [0.1, 0.15) is 24.0 Å². The summed E-state index contributed by atoms with van der Waals surface area (Å²) in [5.41, 5.74) is 2.04. The second-order valence-electron chi connectivity index (χ2n) is 12.6. The summed E-state index contributed by atoms with van der Waals surface area (Å²) in [4.78, 5) is 27.2. The molecule has 6 heterocycles. The number of aromatic nitrogens is 5. The molecule has 3 aromatic heterocycles. The Morgan fingerprint density at radius 3 is 2.96 bits per heavy atom. The zero-order valence-corrected chi connectivity index (χ0v) is 25.7. The fourth-order valence-electron chi connectivity index (χ4n) is 7.30. The van der Waals surface area contributed by atoms with Crippen molar-refractivity contribution in [3.8, 4) is 23.1 Å². The molecule has 3 N–H and O–H groups in total. The van der Waals surface area contributed by atoms with Crippen LogP contribution in [-0.4, -0.2) is 99.0 Å². The molecule has 0 bridgehead atoms. The number of halogens is 2. The van der Waals surface area contributed by atoms with Crippen LogP contribution in [0.2, 0.25) is 0 Å². The monoisotopic (exact) mass is 637 g/mol. The number of piperidine rings is 1. The highest BCUT2D eigenvalue weighted by Crippen LogP contribution is 2.41. The van der Waals surface area contributed by atoms with Crippen molar-refractivity contribution in [2.75, 3.05) is 46.0 Å². The Morgan fingerprint density at radius 1 is 1.22 bits per heavy atom. The van der Waals surface area contributed by atoms with Crippen LogP contribution in [0.5, 0.6) is 11.9 Å². The lowest BCUT2D eigenvalue weighted by Crippen LogP contribution is -2.43. The van der Waals surface area contributed by atoms with Gasteiger partial charge in [-0.25, -0.2) is 13.6 Å². The third-order valence-electron chi connectivity index (χ3n) is 9.60. The Labute approximate surface area is 263 Å². The van der Waals surface area contributed by atoms with Gasteiger partial charge in [-0.2, -0.15) is 15.1 Å². The first-order chi connectivity index (χ1) is 22.3. The number of aromatic amines is 1. The molecule has 0 spiro atoms. The van der Waals surface area contributed by atoms with E-state index in [4.69, 9.17) is 14.2 Å². The summed E-state index contributed by atoms with van der Waals surface area (Å²) >= 11 is 0. The Kier molecular flexibility index (Phi) is 8.32. The molecule has 3 aliphatic rings. The van der Waals surface area contributed by atoms with Crippen molar-refractivity contribution in [3.63, 3.8) is 0 Å². The predicted molar refractivity (Wildman–Crippen MR) is 164 cm³/mol. The zero-order valence-electron chi connectivity index (χ0n) is 25.7. The van der Waals surface area contributed by atoms with E-state index in [1.165, 1.54) is 6.20 Å². The Bertz CT molecular complexity index is 1760. The second-order valence-corrected chi connectivity index (χ2v) is 12.6. The third kappa shape index (κ3) is 5.79. The number of carbonyl (C=O) groups is 1. The number of hydrogen-bond acceptors (Lipinski definition) is 11. The number of nitrogens with zero attached hydrogens (tertiary/aromatic N) is 5. The molecule has 3 saturated heterocycles. The number of rotatable bonds is 9. The Balaban J connectivity index is 1.15. The highest BCUT2D eigenvalue weighted by molar-refractivity contribution is 5.98. The van der Waals surface area contributed by atoms with Crippen molar-refractivity contribution in [2.45, 2.75) is 57.2 Å². The highest BCUT2D eigenvalue weighted by atomic mass is 19.1. The molecular formula is C32H37F2N7O5. The Morgan fingerprint density at radius 2 is 2.11 bits per heavy atom. The molecule has 4 aromatic rings. The van der Waals surface area contributed by atoms with Crippen LogP contribution >= 0.6 is 0 Å². The van der Waals surface area contributed by atoms with Gasteiger partial charge in [0, 0.05) is 49.0 Å². The van der Waals surface area contributed by atoms with Crippen LogP contribution in [0.15, 0.2) is 18.5 Å². The number of aromatic hydroxyl groups is 1. The molecule has 0 radical (unpaired) electrons. The van der Waals surface area contributed by atoms with E-state index in [9.17, 15) is 14.3 Å². The third-order valence-corrected chi connectivity index (χ3v) is 9.60. The number of aryl methyl sites for hydroxylation is 1. The molecule has 0 aliphatic carbocycles. The van der Waals surface area contributed by atoms with Gasteiger partial charge in [0.25, 0.3) is 0 Å². The summed E-state index contributed by atoms with van der Waals surface area (Å²) in [7, 11) is 0. The van der Waals surface area contributed by atoms with E-state index in [1.54, 1.807) is 6.20 Å². The molecule has 1 aromatic carbocycles. The van der Waals surface area contributed by atoms with Crippen molar-refractivity contribution in [1.82, 2.24) is 35.4 Å². The number of ether oxygens (including phenoxy) is 3. The number of alkyl halides is 1. The summed E-state index contributed by atoms with van der Waals surface area (Å²) in [5.74, 6) is -0.986. The van der Waals surface area contributed by atoms with Crippen molar-refractivity contribution in [3.05, 3.63) is 35.4 Å². The second kappa shape index (κ2) is 12.6. The summed E-state index contributed by atoms with van der Waals surface area (Å²) in [6.07, 6.45) is 5.61. The van der Waals surface area contributed by atoms with E-state index in [2.05, 4.69) is 35.4 Å². The maximum Gasteiger partial charge on any atom is 0.508 e. The molecular weight excluding hydrogens is 600 g/mol. The van der Waals surface area contributed by atoms with E-state index in [0.29, 0.717) is 41.6 Å². The lowest BCUT2D eigenvalue weighted by Gasteiger charge is -2.30. The predicted octanol–water partition coefficient (Wildman–Crippen LogP) is 4.37. The average Bonchev–Trinajstić information content (AvgIpc) is 3.74. The maximum absolute atomic E-state index is 16.5. The van der Waals surface area contributed by atoms with Gasteiger partial charge in [-0.15, -0.1) is 0 Å². The van der Waals surface area contributed by atoms with Gasteiger partial charge < -0.3 is 24.6 Å². The standard InChI is InChI=1S/C32H37F2N7O5/c1-18-10-24-22(14-37-40-24)25(21(18)5-9-44-31(43)45-16-19-4-2-7-35-12-19)28-26(34)27-23(13-36-28)29(42)39-30(38-27)46-17-32-6-3-8-41(32)15-20(33)11-32/h10,13-14,19-20,35H,2-9,11-12,15-17H2,1H3,(H,37,40)(H,38,39,42)/t19-,20-,32+/m1/s1. The van der Waals surface area contributed by atoms with Gasteiger partial charge in [0.2, 0.25) is 5.88 Å². The lowest BCUT2D eigenvalue weighted by atomic mass is 9.93. The van der Waals surface area contributed by atoms with E-state index in [0.717, 1.165) is 50.9 Å². The van der Waals surface area contributed by atoms with Crippen molar-refractivity contribution >= 4 is 28.0 Å². The van der Waals surface area contributed by atoms with Gasteiger partial charge in [-0.1, -0.05) is 0 Å². The number of benzene rings is 1. The quantitative estimate of drug-likeness (QED) is 0.225. The first-order valence-electron chi connectivity index (χ1n) is 15.8. The van der Waals surface area contributed by atoms with E-state index in [-0.39, 0.29) is 48.2 Å². The van der Waals surface area contributed by atoms with E-state index in [1.807, 2.05) is 13.0 Å². The highest BCUT2D eigenvalue weighted by Gasteiger charge is 2.49. The topological polar surface area (TPSA) is 148 Å². The average molecular weight is 638 g/mol. The number of hydrogen-bond donors (Lipinski definition) is 3. The Hall–Kier alpha value is -4.17. The fraction of sp³-hybridized carbons (Fsp3) is 0.531. The minimum absolute atomic E-state index is 0.00754. The number of pyridine rings is 1. The minimum atomic E-state index is -0.931. The van der Waals surface area contributed by atoms with Gasteiger partial charge >= 0.3 is 12.2 Å². The van der Waals surface area contributed by atoms with Crippen LogP contribution in [0, 0.1) is 18.7 Å². The van der Waals surface area contributed by atoms with Crippen molar-refractivity contribution in [2.24, 2.45) is 5.92 Å². The molecule has 244 valence electrons. The summed E-state index contributed by atoms with van der Waals surface area (Å²) in [5, 5.41) is 21.7. The molecule has 12 nitrogen and oxygen atoms in total. The summed E-state index contributed by atoms with van der Waals surface area (Å²) in [6.45, 7) is 5.25. The first kappa shape index (κ1) is 30.5. The molecule has 0 unspecified atom stereocenters. The lowest BCUT2D eigenvalue weighted by molar-refractivity contribution is 0.0421. The molecule has 46 heavy (non-hydrogen) atoms. The first-order valence-corrected chi connectivity index (χ1v) is 15.8. The molecule has 0 amide bonds. The van der Waals surface area contributed by atoms with Crippen LogP contribution in [0.1, 0.15) is 43.2 Å². The van der Waals surface area contributed by atoms with Gasteiger partial charge in [-0.3, -0.25) is 15.0 Å². The largest absolute Gasteiger partial charge is 0.508 e. The van der Waals surface area contributed by atoms with Crippen LogP contribution in [0.25, 0.3) is 33.1 Å². The number of H-pyrrole nitrogens is 1. The van der Waals surface area contributed by atoms with Gasteiger partial charge in [0.05, 0.1) is 35.9 Å².